The van der Waals surface area contributed by atoms with Crippen LogP contribution in [0.1, 0.15) is 17.3 Å². The van der Waals surface area contributed by atoms with Crippen LogP contribution in [-0.2, 0) is 11.2 Å². The number of carboxylic acid groups (broad SMARTS) is 1. The normalized spacial score (nSPS) is 17.6. The first-order chi connectivity index (χ1) is 8.72. The predicted octanol–water partition coefficient (Wildman–Crippen LogP) is 1.87. The fourth-order valence-corrected chi connectivity index (χ4v) is 2.63. The van der Waals surface area contributed by atoms with Gasteiger partial charge in [0.05, 0.1) is 7.11 Å². The number of rotatable bonds is 2. The standard InChI is InChI=1S/C13H14N2O3.ClH/c1-18-9-4-2-3-8-10(9)7-5-6-14-12(13(16)17)11(7)15-8;/h2-4,12,14-15H,5-6H2,1H3,(H,16,17);1H. The quantitative estimate of drug-likeness (QED) is 0.786. The highest BCUT2D eigenvalue weighted by atomic mass is 35.5. The van der Waals surface area contributed by atoms with Crippen LogP contribution in [0.5, 0.6) is 5.75 Å². The van der Waals surface area contributed by atoms with Crippen LogP contribution < -0.4 is 10.1 Å². The van der Waals surface area contributed by atoms with E-state index in [0.717, 1.165) is 34.3 Å². The van der Waals surface area contributed by atoms with Crippen molar-refractivity contribution in [2.45, 2.75) is 12.5 Å². The number of aromatic amines is 1. The Balaban J connectivity index is 0.00000133. The summed E-state index contributed by atoms with van der Waals surface area (Å²) in [6.45, 7) is 0.662. The summed E-state index contributed by atoms with van der Waals surface area (Å²) in [4.78, 5) is 14.4. The van der Waals surface area contributed by atoms with Crippen molar-refractivity contribution in [1.29, 1.82) is 0 Å². The molecule has 1 atom stereocenters. The van der Waals surface area contributed by atoms with Gasteiger partial charge in [-0.15, -0.1) is 12.4 Å². The van der Waals surface area contributed by atoms with Crippen molar-refractivity contribution in [3.63, 3.8) is 0 Å². The van der Waals surface area contributed by atoms with E-state index in [1.54, 1.807) is 7.11 Å². The third-order valence-electron chi connectivity index (χ3n) is 3.40. The van der Waals surface area contributed by atoms with Crippen LogP contribution in [0.25, 0.3) is 10.9 Å². The molecule has 3 rings (SSSR count). The molecule has 6 heteroatoms. The largest absolute Gasteiger partial charge is 0.496 e. The van der Waals surface area contributed by atoms with Gasteiger partial charge in [-0.25, -0.2) is 0 Å². The van der Waals surface area contributed by atoms with Gasteiger partial charge in [-0.05, 0) is 24.1 Å². The van der Waals surface area contributed by atoms with Crippen molar-refractivity contribution in [2.75, 3.05) is 13.7 Å². The predicted molar refractivity (Wildman–Crippen MR) is 74.2 cm³/mol. The molecule has 3 N–H and O–H groups in total. The van der Waals surface area contributed by atoms with Crippen molar-refractivity contribution >= 4 is 29.3 Å². The molecule has 0 radical (unpaired) electrons. The lowest BCUT2D eigenvalue weighted by molar-refractivity contribution is -0.139. The summed E-state index contributed by atoms with van der Waals surface area (Å²) in [5, 5.41) is 13.2. The van der Waals surface area contributed by atoms with Gasteiger partial charge >= 0.3 is 5.97 Å². The van der Waals surface area contributed by atoms with Crippen molar-refractivity contribution in [1.82, 2.24) is 10.3 Å². The van der Waals surface area contributed by atoms with Gasteiger partial charge in [0.25, 0.3) is 0 Å². The summed E-state index contributed by atoms with van der Waals surface area (Å²) in [5.41, 5.74) is 2.72. The SMILES string of the molecule is COc1cccc2[nH]c3c(c12)CCNC3C(=O)O.Cl. The second-order valence-electron chi connectivity index (χ2n) is 4.38. The fraction of sp³-hybridized carbons (Fsp3) is 0.308. The Morgan fingerprint density at radius 2 is 2.26 bits per heavy atom. The Kier molecular flexibility index (Phi) is 3.68. The van der Waals surface area contributed by atoms with Gasteiger partial charge in [-0.3, -0.25) is 10.1 Å². The van der Waals surface area contributed by atoms with Gasteiger partial charge in [0, 0.05) is 23.1 Å². The molecule has 0 amide bonds. The van der Waals surface area contributed by atoms with Crippen LogP contribution in [-0.4, -0.2) is 29.7 Å². The number of carbonyl (C=O) groups is 1. The number of nitrogens with one attached hydrogen (secondary N) is 2. The summed E-state index contributed by atoms with van der Waals surface area (Å²) in [6, 6.07) is 5.07. The number of hydrogen-bond donors (Lipinski definition) is 3. The lowest BCUT2D eigenvalue weighted by Gasteiger charge is -2.20. The molecule has 0 fully saturated rings. The monoisotopic (exact) mass is 282 g/mol. The molecular formula is C13H15ClN2O3. The summed E-state index contributed by atoms with van der Waals surface area (Å²) < 4.78 is 5.36. The third-order valence-corrected chi connectivity index (χ3v) is 3.40. The number of methoxy groups -OCH3 is 1. The average Bonchev–Trinajstić information content (AvgIpc) is 2.76. The molecule has 5 nitrogen and oxygen atoms in total. The number of aromatic nitrogens is 1. The fourth-order valence-electron chi connectivity index (χ4n) is 2.63. The highest BCUT2D eigenvalue weighted by molar-refractivity contribution is 5.92. The molecule has 1 aromatic carbocycles. The second kappa shape index (κ2) is 5.11. The molecule has 0 saturated heterocycles. The molecule has 2 heterocycles. The number of ether oxygens (including phenoxy) is 1. The maximum atomic E-state index is 11.2. The molecule has 102 valence electrons. The molecule has 1 aliphatic rings. The first-order valence-electron chi connectivity index (χ1n) is 5.86. The topological polar surface area (TPSA) is 74.3 Å². The van der Waals surface area contributed by atoms with Crippen molar-refractivity contribution in [3.05, 3.63) is 29.5 Å². The van der Waals surface area contributed by atoms with E-state index in [0.29, 0.717) is 6.54 Å². The Bertz CT molecular complexity index is 624. The van der Waals surface area contributed by atoms with Gasteiger partial charge in [-0.2, -0.15) is 0 Å². The van der Waals surface area contributed by atoms with Crippen LogP contribution in [0.2, 0.25) is 0 Å². The van der Waals surface area contributed by atoms with E-state index in [4.69, 9.17) is 4.74 Å². The zero-order valence-corrected chi connectivity index (χ0v) is 11.2. The van der Waals surface area contributed by atoms with Gasteiger partial charge in [0.2, 0.25) is 0 Å². The van der Waals surface area contributed by atoms with Gasteiger partial charge in [0.1, 0.15) is 11.8 Å². The van der Waals surface area contributed by atoms with Gasteiger partial charge in [0.15, 0.2) is 0 Å². The molecule has 0 spiro atoms. The van der Waals surface area contributed by atoms with Crippen molar-refractivity contribution in [2.24, 2.45) is 0 Å². The Morgan fingerprint density at radius 1 is 1.47 bits per heavy atom. The molecule has 0 saturated carbocycles. The van der Waals surface area contributed by atoms with E-state index in [-0.39, 0.29) is 12.4 Å². The number of hydrogen-bond acceptors (Lipinski definition) is 3. The zero-order valence-electron chi connectivity index (χ0n) is 10.4. The first-order valence-corrected chi connectivity index (χ1v) is 5.86. The maximum absolute atomic E-state index is 11.2. The molecule has 1 aliphatic heterocycles. The van der Waals surface area contributed by atoms with E-state index >= 15 is 0 Å². The van der Waals surface area contributed by atoms with Gasteiger partial charge in [-0.1, -0.05) is 6.07 Å². The minimum Gasteiger partial charge on any atom is -0.496 e. The minimum absolute atomic E-state index is 0. The number of aliphatic carboxylic acids is 1. The van der Waals surface area contributed by atoms with E-state index < -0.39 is 12.0 Å². The van der Waals surface area contributed by atoms with Crippen LogP contribution in [0.3, 0.4) is 0 Å². The molecule has 0 aliphatic carbocycles. The smallest absolute Gasteiger partial charge is 0.326 e. The summed E-state index contributed by atoms with van der Waals surface area (Å²) in [5.74, 6) is -0.0717. The molecule has 1 unspecified atom stereocenters. The van der Waals surface area contributed by atoms with E-state index in [9.17, 15) is 9.90 Å². The first kappa shape index (κ1) is 13.7. The molecule has 1 aromatic heterocycles. The number of carboxylic acids is 1. The minimum atomic E-state index is -0.860. The van der Waals surface area contributed by atoms with Crippen molar-refractivity contribution in [3.8, 4) is 5.75 Å². The third kappa shape index (κ3) is 2.05. The highest BCUT2D eigenvalue weighted by Gasteiger charge is 2.29. The Hall–Kier alpha value is -1.72. The molecular weight excluding hydrogens is 268 g/mol. The summed E-state index contributed by atoms with van der Waals surface area (Å²) in [6.07, 6.45) is 0.805. The van der Waals surface area contributed by atoms with Crippen molar-refractivity contribution < 1.29 is 14.6 Å². The van der Waals surface area contributed by atoms with Crippen LogP contribution in [0.15, 0.2) is 18.2 Å². The maximum Gasteiger partial charge on any atom is 0.326 e. The number of fused-ring (bicyclic) bond motifs is 3. The molecule has 0 bridgehead atoms. The molecule has 19 heavy (non-hydrogen) atoms. The second-order valence-corrected chi connectivity index (χ2v) is 4.38. The summed E-state index contributed by atoms with van der Waals surface area (Å²) in [7, 11) is 1.63. The zero-order chi connectivity index (χ0) is 12.7. The molecule has 2 aromatic rings. The number of benzene rings is 1. The Morgan fingerprint density at radius 3 is 2.95 bits per heavy atom. The Labute approximate surface area is 116 Å². The van der Waals surface area contributed by atoms with Crippen LogP contribution >= 0.6 is 12.4 Å². The highest BCUT2D eigenvalue weighted by Crippen LogP contribution is 2.35. The van der Waals surface area contributed by atoms with Crippen LogP contribution in [0.4, 0.5) is 0 Å². The van der Waals surface area contributed by atoms with Gasteiger partial charge < -0.3 is 14.8 Å². The number of H-pyrrole nitrogens is 1. The average molecular weight is 283 g/mol. The lowest BCUT2D eigenvalue weighted by Crippen LogP contribution is -2.34. The summed E-state index contributed by atoms with van der Waals surface area (Å²) >= 11 is 0. The van der Waals surface area contributed by atoms with E-state index in [1.807, 2.05) is 18.2 Å². The number of halogens is 1. The lowest BCUT2D eigenvalue weighted by atomic mass is 9.99. The van der Waals surface area contributed by atoms with Crippen LogP contribution in [0, 0.1) is 0 Å². The van der Waals surface area contributed by atoms with E-state index in [1.165, 1.54) is 0 Å². The van der Waals surface area contributed by atoms with E-state index in [2.05, 4.69) is 10.3 Å².